The second-order valence-corrected chi connectivity index (χ2v) is 9.57. The van der Waals surface area contributed by atoms with Crippen LogP contribution < -0.4 is 5.73 Å². The summed E-state index contributed by atoms with van der Waals surface area (Å²) in [5.41, 5.74) is 5.96. The Labute approximate surface area is 179 Å². The third-order valence-corrected chi connectivity index (χ3v) is 7.52. The first-order valence-corrected chi connectivity index (χ1v) is 11.4. The topological polar surface area (TPSA) is 102 Å². The molecule has 1 aliphatic rings. The van der Waals surface area contributed by atoms with Crippen LogP contribution >= 0.6 is 0 Å². The molecule has 1 aliphatic heterocycles. The fourth-order valence-electron chi connectivity index (χ4n) is 3.96. The number of carbonyl (C=O) groups is 2. The van der Waals surface area contributed by atoms with E-state index in [0.717, 1.165) is 12.1 Å². The Balaban J connectivity index is 1.64. The number of benzene rings is 2. The van der Waals surface area contributed by atoms with Crippen molar-refractivity contribution in [3.8, 4) is 0 Å². The number of amides is 2. The van der Waals surface area contributed by atoms with E-state index in [1.54, 1.807) is 33.7 Å². The van der Waals surface area contributed by atoms with E-state index in [4.69, 9.17) is 5.73 Å². The highest BCUT2D eigenvalue weighted by atomic mass is 32.2. The molecule has 0 bridgehead atoms. The predicted octanol–water partition coefficient (Wildman–Crippen LogP) is 2.34. The summed E-state index contributed by atoms with van der Waals surface area (Å²) in [5, 5.41) is 0.493. The Morgan fingerprint density at radius 2 is 1.68 bits per heavy atom. The lowest BCUT2D eigenvalue weighted by atomic mass is 9.96. The number of hydrogen-bond donors (Lipinski definition) is 1. The highest BCUT2D eigenvalue weighted by Gasteiger charge is 2.28. The maximum absolute atomic E-state index is 13.3. The molecule has 9 heteroatoms. The first-order valence-electron chi connectivity index (χ1n) is 9.93. The van der Waals surface area contributed by atoms with Crippen LogP contribution in [0.3, 0.4) is 0 Å². The lowest BCUT2D eigenvalue weighted by Crippen LogP contribution is -2.42. The van der Waals surface area contributed by atoms with Crippen LogP contribution in [0, 0.1) is 11.7 Å². The van der Waals surface area contributed by atoms with Crippen LogP contribution in [0.4, 0.5) is 4.39 Å². The van der Waals surface area contributed by atoms with Gasteiger partial charge in [0.15, 0.2) is 0 Å². The summed E-state index contributed by atoms with van der Waals surface area (Å²) < 4.78 is 41.2. The van der Waals surface area contributed by atoms with Gasteiger partial charge in [-0.25, -0.2) is 12.8 Å². The number of para-hydroxylation sites is 1. The molecule has 31 heavy (non-hydrogen) atoms. The number of hydrogen-bond acceptors (Lipinski definition) is 4. The number of rotatable bonds is 5. The minimum Gasteiger partial charge on any atom is -0.369 e. The van der Waals surface area contributed by atoms with Gasteiger partial charge in [-0.3, -0.25) is 9.59 Å². The van der Waals surface area contributed by atoms with Gasteiger partial charge in [0.2, 0.25) is 21.7 Å². The molecule has 2 heterocycles. The Bertz CT molecular complexity index is 1240. The van der Waals surface area contributed by atoms with Gasteiger partial charge in [-0.15, -0.1) is 0 Å². The van der Waals surface area contributed by atoms with Crippen LogP contribution in [0.2, 0.25) is 0 Å². The quantitative estimate of drug-likeness (QED) is 0.612. The maximum Gasteiger partial charge on any atom is 0.242 e. The van der Waals surface area contributed by atoms with Crippen LogP contribution in [0.25, 0.3) is 10.9 Å². The number of likely N-dealkylation sites (tertiary alicyclic amines) is 1. The maximum atomic E-state index is 13.3. The van der Waals surface area contributed by atoms with Crippen molar-refractivity contribution in [3.05, 3.63) is 60.5 Å². The van der Waals surface area contributed by atoms with Gasteiger partial charge in [-0.1, -0.05) is 18.2 Å². The minimum atomic E-state index is -3.90. The standard InChI is InChI=1S/C22H22FN3O4S/c23-16-5-7-17(8-6-16)31(29,30)20-13-26(19-4-2-1-3-18(19)20)14-21(27)25-11-9-15(10-12-25)22(24)28/h1-8,13,15H,9-12,14H2,(H2,24,28). The zero-order valence-electron chi connectivity index (χ0n) is 16.7. The Kier molecular flexibility index (Phi) is 5.53. The van der Waals surface area contributed by atoms with E-state index in [2.05, 4.69) is 0 Å². The second-order valence-electron chi connectivity index (χ2n) is 7.65. The van der Waals surface area contributed by atoms with Gasteiger partial charge in [0.05, 0.1) is 9.79 Å². The molecule has 0 atom stereocenters. The summed E-state index contributed by atoms with van der Waals surface area (Å²) in [6.45, 7) is 0.847. The van der Waals surface area contributed by atoms with Crippen molar-refractivity contribution in [2.24, 2.45) is 11.7 Å². The Morgan fingerprint density at radius 1 is 1.03 bits per heavy atom. The summed E-state index contributed by atoms with van der Waals surface area (Å²) in [4.78, 5) is 25.9. The molecule has 1 saturated heterocycles. The zero-order valence-corrected chi connectivity index (χ0v) is 17.5. The number of piperidine rings is 1. The number of fused-ring (bicyclic) bond motifs is 1. The van der Waals surface area contributed by atoms with E-state index < -0.39 is 15.7 Å². The molecular formula is C22H22FN3O4S. The van der Waals surface area contributed by atoms with Crippen molar-refractivity contribution in [1.82, 2.24) is 9.47 Å². The van der Waals surface area contributed by atoms with Crippen LogP contribution in [-0.2, 0) is 26.0 Å². The van der Waals surface area contributed by atoms with Crippen LogP contribution in [-0.4, -0.2) is 42.8 Å². The molecule has 2 N–H and O–H groups in total. The molecule has 1 aromatic heterocycles. The van der Waals surface area contributed by atoms with Gasteiger partial charge >= 0.3 is 0 Å². The van der Waals surface area contributed by atoms with Crippen molar-refractivity contribution < 1.29 is 22.4 Å². The van der Waals surface area contributed by atoms with E-state index in [-0.39, 0.29) is 34.1 Å². The normalized spacial score (nSPS) is 15.3. The summed E-state index contributed by atoms with van der Waals surface area (Å²) in [6.07, 6.45) is 2.51. The van der Waals surface area contributed by atoms with Crippen molar-refractivity contribution in [1.29, 1.82) is 0 Å². The summed E-state index contributed by atoms with van der Waals surface area (Å²) in [5.74, 6) is -1.25. The minimum absolute atomic E-state index is 0.0170. The van der Waals surface area contributed by atoms with Gasteiger partial charge in [0.1, 0.15) is 12.4 Å². The molecule has 4 rings (SSSR count). The van der Waals surface area contributed by atoms with Crippen molar-refractivity contribution >= 4 is 32.6 Å². The molecule has 0 radical (unpaired) electrons. The Hall–Kier alpha value is -3.20. The van der Waals surface area contributed by atoms with Crippen molar-refractivity contribution in [2.75, 3.05) is 13.1 Å². The molecule has 0 aliphatic carbocycles. The Morgan fingerprint density at radius 3 is 2.32 bits per heavy atom. The molecule has 162 valence electrons. The fourth-order valence-corrected chi connectivity index (χ4v) is 5.43. The average Bonchev–Trinajstić information content (AvgIpc) is 3.13. The monoisotopic (exact) mass is 443 g/mol. The van der Waals surface area contributed by atoms with Crippen molar-refractivity contribution in [3.63, 3.8) is 0 Å². The van der Waals surface area contributed by atoms with E-state index in [1.165, 1.54) is 18.3 Å². The molecule has 0 saturated carbocycles. The summed E-state index contributed by atoms with van der Waals surface area (Å²) >= 11 is 0. The molecule has 7 nitrogen and oxygen atoms in total. The third-order valence-electron chi connectivity index (χ3n) is 5.72. The highest BCUT2D eigenvalue weighted by molar-refractivity contribution is 7.91. The largest absolute Gasteiger partial charge is 0.369 e. The number of carbonyl (C=O) groups excluding carboxylic acids is 2. The zero-order chi connectivity index (χ0) is 22.2. The van der Waals surface area contributed by atoms with E-state index in [0.29, 0.717) is 36.8 Å². The number of aromatic nitrogens is 1. The van der Waals surface area contributed by atoms with E-state index in [9.17, 15) is 22.4 Å². The molecule has 1 fully saturated rings. The lowest BCUT2D eigenvalue weighted by Gasteiger charge is -2.30. The first kappa shape index (κ1) is 21.0. The smallest absolute Gasteiger partial charge is 0.242 e. The van der Waals surface area contributed by atoms with Gasteiger partial charge in [0, 0.05) is 36.1 Å². The highest BCUT2D eigenvalue weighted by Crippen LogP contribution is 2.30. The summed E-state index contributed by atoms with van der Waals surface area (Å²) in [6, 6.07) is 11.6. The van der Waals surface area contributed by atoms with Gasteiger partial charge in [0.25, 0.3) is 0 Å². The molecule has 3 aromatic rings. The number of halogens is 1. The molecular weight excluding hydrogens is 421 g/mol. The average molecular weight is 444 g/mol. The van der Waals surface area contributed by atoms with Crippen LogP contribution in [0.1, 0.15) is 12.8 Å². The third kappa shape index (κ3) is 4.05. The van der Waals surface area contributed by atoms with E-state index >= 15 is 0 Å². The number of primary amides is 1. The second kappa shape index (κ2) is 8.14. The number of sulfone groups is 1. The molecule has 0 spiro atoms. The van der Waals surface area contributed by atoms with E-state index in [1.807, 2.05) is 0 Å². The van der Waals surface area contributed by atoms with Gasteiger partial charge < -0.3 is 15.2 Å². The van der Waals surface area contributed by atoms with Gasteiger partial charge in [-0.2, -0.15) is 0 Å². The molecule has 2 amide bonds. The van der Waals surface area contributed by atoms with Crippen molar-refractivity contribution in [2.45, 2.75) is 29.2 Å². The number of nitrogens with zero attached hydrogens (tertiary/aromatic N) is 2. The molecule has 2 aromatic carbocycles. The molecule has 0 unspecified atom stereocenters. The fraction of sp³-hybridized carbons (Fsp3) is 0.273. The summed E-state index contributed by atoms with van der Waals surface area (Å²) in [7, 11) is -3.90. The van der Waals surface area contributed by atoms with Crippen LogP contribution in [0.5, 0.6) is 0 Å². The lowest BCUT2D eigenvalue weighted by molar-refractivity contribution is -0.135. The van der Waals surface area contributed by atoms with Crippen LogP contribution in [0.15, 0.2) is 64.5 Å². The first-order chi connectivity index (χ1) is 14.8. The SMILES string of the molecule is NC(=O)C1CCN(C(=O)Cn2cc(S(=O)(=O)c3ccc(F)cc3)c3ccccc32)CC1. The van der Waals surface area contributed by atoms with Gasteiger partial charge in [-0.05, 0) is 43.2 Å². The number of nitrogens with two attached hydrogens (primary N) is 1. The predicted molar refractivity (Wildman–Crippen MR) is 112 cm³/mol.